The Morgan fingerprint density at radius 3 is 2.65 bits per heavy atom. The van der Waals surface area contributed by atoms with E-state index in [0.29, 0.717) is 33.3 Å². The van der Waals surface area contributed by atoms with Gasteiger partial charge < -0.3 is 25.9 Å². The molecule has 2 aromatic heterocycles. The smallest absolute Gasteiger partial charge is 0.265 e. The molecule has 0 fully saturated rings. The highest BCUT2D eigenvalue weighted by Gasteiger charge is 2.15. The second-order valence-electron chi connectivity index (χ2n) is 6.99. The number of oxime groups is 1. The van der Waals surface area contributed by atoms with E-state index < -0.39 is 0 Å². The Hall–Kier alpha value is -3.49. The second kappa shape index (κ2) is 8.71. The van der Waals surface area contributed by atoms with Crippen LogP contribution in [0.15, 0.2) is 65.9 Å². The summed E-state index contributed by atoms with van der Waals surface area (Å²) in [4.78, 5) is 13.0. The van der Waals surface area contributed by atoms with Crippen molar-refractivity contribution >= 4 is 51.1 Å². The molecule has 0 aliphatic rings. The minimum Gasteiger partial charge on any atom is -0.494 e. The van der Waals surface area contributed by atoms with Crippen LogP contribution in [0.5, 0.6) is 5.88 Å². The van der Waals surface area contributed by atoms with Gasteiger partial charge in [-0.2, -0.15) is 0 Å². The first-order valence-electron chi connectivity index (χ1n) is 9.36. The van der Waals surface area contributed by atoms with Gasteiger partial charge in [0, 0.05) is 23.4 Å². The highest BCUT2D eigenvalue weighted by molar-refractivity contribution is 7.18. The van der Waals surface area contributed by atoms with Crippen LogP contribution in [0, 0.1) is 0 Å². The zero-order valence-corrected chi connectivity index (χ0v) is 17.8. The first-order chi connectivity index (χ1) is 14.9. The van der Waals surface area contributed by atoms with Crippen molar-refractivity contribution in [2.75, 3.05) is 5.32 Å². The van der Waals surface area contributed by atoms with Crippen LogP contribution < -0.4 is 11.1 Å². The molecule has 2 heterocycles. The first-order valence-corrected chi connectivity index (χ1v) is 10.6. The topological polar surface area (TPSA) is 113 Å². The molecule has 0 bridgehead atoms. The normalized spacial score (nSPS) is 11.7. The van der Waals surface area contributed by atoms with Crippen LogP contribution in [-0.2, 0) is 13.0 Å². The van der Waals surface area contributed by atoms with E-state index >= 15 is 0 Å². The Morgan fingerprint density at radius 2 is 1.90 bits per heavy atom. The van der Waals surface area contributed by atoms with Crippen molar-refractivity contribution in [3.05, 3.63) is 81.1 Å². The summed E-state index contributed by atoms with van der Waals surface area (Å²) in [5.74, 6) is -0.0290. The van der Waals surface area contributed by atoms with E-state index in [-0.39, 0.29) is 17.6 Å². The maximum Gasteiger partial charge on any atom is 0.265 e. The van der Waals surface area contributed by atoms with E-state index in [1.54, 1.807) is 41.1 Å². The van der Waals surface area contributed by atoms with Crippen LogP contribution in [0.1, 0.15) is 20.8 Å². The lowest BCUT2D eigenvalue weighted by Crippen LogP contribution is -2.14. The van der Waals surface area contributed by atoms with E-state index in [0.717, 1.165) is 16.5 Å². The Bertz CT molecular complexity index is 1300. The fourth-order valence-electron chi connectivity index (χ4n) is 3.40. The third-order valence-corrected chi connectivity index (χ3v) is 6.04. The number of thiophene rings is 1. The third kappa shape index (κ3) is 4.50. The summed E-state index contributed by atoms with van der Waals surface area (Å²) in [6.07, 6.45) is 2.13. The molecular weight excluding hydrogens is 436 g/mol. The number of aromatic hydroxyl groups is 1. The first kappa shape index (κ1) is 20.8. The molecule has 0 aliphatic carbocycles. The highest BCUT2D eigenvalue weighted by atomic mass is 35.5. The minimum atomic E-state index is -0.257. The number of rotatable bonds is 6. The Labute approximate surface area is 187 Å². The SMILES string of the molecule is NC(Cc1cccc(Cn2cc3c(NC(=O)c4ccc(Cl)s4)cccc3c2O)c1)=NO. The molecule has 158 valence electrons. The molecule has 4 aromatic rings. The number of aromatic nitrogens is 1. The molecule has 0 spiro atoms. The average Bonchev–Trinajstić information content (AvgIpc) is 3.33. The zero-order valence-electron chi connectivity index (χ0n) is 16.2. The number of benzene rings is 2. The average molecular weight is 455 g/mol. The number of nitrogens with one attached hydrogen (secondary N) is 1. The van der Waals surface area contributed by atoms with Gasteiger partial charge in [-0.25, -0.2) is 0 Å². The van der Waals surface area contributed by atoms with Gasteiger partial charge in [0.05, 0.1) is 21.4 Å². The van der Waals surface area contributed by atoms with Crippen LogP contribution in [-0.4, -0.2) is 26.6 Å². The molecular formula is C22H19ClN4O3S. The van der Waals surface area contributed by atoms with Gasteiger partial charge in [0.1, 0.15) is 5.84 Å². The van der Waals surface area contributed by atoms with Crippen molar-refractivity contribution in [2.24, 2.45) is 10.9 Å². The lowest BCUT2D eigenvalue weighted by atomic mass is 10.1. The number of nitrogens with two attached hydrogens (primary N) is 1. The van der Waals surface area contributed by atoms with Crippen molar-refractivity contribution in [1.82, 2.24) is 4.57 Å². The van der Waals surface area contributed by atoms with Gasteiger partial charge in [0.25, 0.3) is 5.91 Å². The maximum absolute atomic E-state index is 12.5. The van der Waals surface area contributed by atoms with Crippen LogP contribution in [0.3, 0.4) is 0 Å². The number of carbonyl (C=O) groups is 1. The van der Waals surface area contributed by atoms with Gasteiger partial charge in [-0.3, -0.25) is 4.79 Å². The summed E-state index contributed by atoms with van der Waals surface area (Å²) >= 11 is 7.13. The molecule has 5 N–H and O–H groups in total. The third-order valence-electron chi connectivity index (χ3n) is 4.81. The minimum absolute atomic E-state index is 0.104. The summed E-state index contributed by atoms with van der Waals surface area (Å²) in [5, 5.41) is 26.8. The van der Waals surface area contributed by atoms with E-state index in [2.05, 4.69) is 10.5 Å². The van der Waals surface area contributed by atoms with Crippen molar-refractivity contribution in [3.63, 3.8) is 0 Å². The van der Waals surface area contributed by atoms with E-state index in [4.69, 9.17) is 22.5 Å². The quantitative estimate of drug-likeness (QED) is 0.147. The molecule has 0 saturated carbocycles. The van der Waals surface area contributed by atoms with Gasteiger partial charge in [0.15, 0.2) is 5.88 Å². The molecule has 0 unspecified atom stereocenters. The number of nitrogens with zero attached hydrogens (tertiary/aromatic N) is 2. The number of amidine groups is 1. The molecule has 1 amide bonds. The van der Waals surface area contributed by atoms with Gasteiger partial charge >= 0.3 is 0 Å². The van der Waals surface area contributed by atoms with Crippen LogP contribution in [0.2, 0.25) is 4.34 Å². The van der Waals surface area contributed by atoms with Crippen LogP contribution >= 0.6 is 22.9 Å². The molecule has 2 aromatic carbocycles. The lowest BCUT2D eigenvalue weighted by molar-refractivity contribution is 0.103. The van der Waals surface area contributed by atoms with Crippen molar-refractivity contribution in [3.8, 4) is 5.88 Å². The fraction of sp³-hybridized carbons (Fsp3) is 0.0909. The van der Waals surface area contributed by atoms with E-state index in [1.165, 1.54) is 11.3 Å². The molecule has 0 aliphatic heterocycles. The number of halogens is 1. The standard InChI is InChI=1S/C22H19ClN4O3S/c23-19-8-7-18(31-19)21(28)25-17-6-2-5-15-16(17)12-27(22(15)29)11-14-4-1-3-13(9-14)10-20(24)26-30/h1-9,12,29-30H,10-11H2,(H2,24,26)(H,25,28). The highest BCUT2D eigenvalue weighted by Crippen LogP contribution is 2.33. The Balaban J connectivity index is 1.62. The molecule has 0 saturated heterocycles. The maximum atomic E-state index is 12.5. The number of hydrogen-bond acceptors (Lipinski definition) is 5. The van der Waals surface area contributed by atoms with Crippen LogP contribution in [0.4, 0.5) is 5.69 Å². The number of hydrogen-bond donors (Lipinski definition) is 4. The summed E-state index contributed by atoms with van der Waals surface area (Å²) in [6, 6.07) is 16.4. The molecule has 0 atom stereocenters. The van der Waals surface area contributed by atoms with E-state index in [1.807, 2.05) is 24.3 Å². The second-order valence-corrected chi connectivity index (χ2v) is 8.71. The van der Waals surface area contributed by atoms with Crippen molar-refractivity contribution in [1.29, 1.82) is 0 Å². The monoisotopic (exact) mass is 454 g/mol. The van der Waals surface area contributed by atoms with Gasteiger partial charge in [-0.15, -0.1) is 11.3 Å². The molecule has 9 heteroatoms. The zero-order chi connectivity index (χ0) is 22.0. The molecule has 31 heavy (non-hydrogen) atoms. The van der Waals surface area contributed by atoms with Crippen molar-refractivity contribution in [2.45, 2.75) is 13.0 Å². The summed E-state index contributed by atoms with van der Waals surface area (Å²) < 4.78 is 2.26. The number of anilines is 1. The van der Waals surface area contributed by atoms with Gasteiger partial charge in [0.2, 0.25) is 0 Å². The lowest BCUT2D eigenvalue weighted by Gasteiger charge is -2.07. The van der Waals surface area contributed by atoms with E-state index in [9.17, 15) is 9.90 Å². The molecule has 0 radical (unpaired) electrons. The molecule has 7 nitrogen and oxygen atoms in total. The number of carbonyl (C=O) groups excluding carboxylic acids is 1. The summed E-state index contributed by atoms with van der Waals surface area (Å²) in [7, 11) is 0. The fourth-order valence-corrected chi connectivity index (χ4v) is 4.34. The Morgan fingerprint density at radius 1 is 1.13 bits per heavy atom. The molecule has 4 rings (SSSR count). The summed E-state index contributed by atoms with van der Waals surface area (Å²) in [6.45, 7) is 0.415. The van der Waals surface area contributed by atoms with Gasteiger partial charge in [-0.05, 0) is 35.4 Å². The Kier molecular flexibility index (Phi) is 5.83. The number of fused-ring (bicyclic) bond motifs is 1. The predicted octanol–water partition coefficient (Wildman–Crippen LogP) is 4.65. The predicted molar refractivity (Wildman–Crippen MR) is 124 cm³/mol. The van der Waals surface area contributed by atoms with Crippen molar-refractivity contribution < 1.29 is 15.1 Å². The largest absolute Gasteiger partial charge is 0.494 e. The summed E-state index contributed by atoms with van der Waals surface area (Å²) in [5.41, 5.74) is 8.03. The van der Waals surface area contributed by atoms with Gasteiger partial charge in [-0.1, -0.05) is 47.1 Å². The van der Waals surface area contributed by atoms with Crippen LogP contribution in [0.25, 0.3) is 10.8 Å². The number of amides is 1.